The minimum absolute atomic E-state index is 0.0443. The molecule has 12 nitrogen and oxygen atoms in total. The minimum Gasteiger partial charge on any atom is -0.345 e. The van der Waals surface area contributed by atoms with Crippen molar-refractivity contribution in [2.45, 2.75) is 19.5 Å². The van der Waals surface area contributed by atoms with Gasteiger partial charge in [-0.1, -0.05) is 35.3 Å². The van der Waals surface area contributed by atoms with Crippen LogP contribution in [0.4, 0.5) is 0 Å². The first-order valence-electron chi connectivity index (χ1n) is 11.3. The van der Waals surface area contributed by atoms with Crippen LogP contribution in [0, 0.1) is 20.2 Å². The molecule has 2 aromatic heterocycles. The third-order valence-electron chi connectivity index (χ3n) is 5.66. The summed E-state index contributed by atoms with van der Waals surface area (Å²) in [4.78, 5) is 43.0. The Bertz CT molecular complexity index is 1190. The molecular weight excluding hydrogens is 523 g/mol. The number of allylic oxidation sites excluding steroid dienone is 2. The molecule has 37 heavy (non-hydrogen) atoms. The molecule has 0 saturated carbocycles. The molecule has 0 aromatic carbocycles. The molecule has 4 heterocycles. The zero-order valence-electron chi connectivity index (χ0n) is 19.5. The molecule has 0 spiro atoms. The highest BCUT2D eigenvalue weighted by Gasteiger charge is 2.30. The van der Waals surface area contributed by atoms with E-state index in [1.54, 1.807) is 46.5 Å². The summed E-state index contributed by atoms with van der Waals surface area (Å²) in [5.74, 6) is 0.456. The zero-order valence-corrected chi connectivity index (χ0v) is 21.0. The molecule has 0 N–H and O–H groups in total. The number of pyridine rings is 2. The first-order chi connectivity index (χ1) is 17.8. The van der Waals surface area contributed by atoms with Gasteiger partial charge in [0.1, 0.15) is 10.3 Å². The lowest BCUT2D eigenvalue weighted by Crippen LogP contribution is -2.31. The molecule has 0 amide bonds. The van der Waals surface area contributed by atoms with Gasteiger partial charge in [-0.15, -0.1) is 0 Å². The van der Waals surface area contributed by atoms with Crippen molar-refractivity contribution in [3.63, 3.8) is 0 Å². The summed E-state index contributed by atoms with van der Waals surface area (Å²) >= 11 is 11.7. The average Bonchev–Trinajstić information content (AvgIpc) is 3.51. The van der Waals surface area contributed by atoms with E-state index in [2.05, 4.69) is 20.0 Å². The van der Waals surface area contributed by atoms with Gasteiger partial charge in [-0.25, -0.2) is 9.97 Å². The van der Waals surface area contributed by atoms with Crippen LogP contribution in [0.5, 0.6) is 0 Å². The standard InChI is InChI=1S/C23H22Cl2N8O4/c24-20-6-4-16(12-28-20)14-30-10-8-26-22(30)18(32(34)35)2-1-3-19(33(36)37)23-27-9-11-31(23)15-17-5-7-21(25)29-13-17/h2-7,12-13H,1,8-11,14-15H2. The van der Waals surface area contributed by atoms with Crippen LogP contribution in [-0.4, -0.2) is 67.5 Å². The maximum absolute atomic E-state index is 11.9. The molecule has 2 aliphatic rings. The summed E-state index contributed by atoms with van der Waals surface area (Å²) in [5, 5.41) is 24.5. The number of nitrogens with zero attached hydrogens (tertiary/aromatic N) is 8. The van der Waals surface area contributed by atoms with Crippen LogP contribution in [0.2, 0.25) is 10.3 Å². The molecule has 14 heteroatoms. The predicted octanol–water partition coefficient (Wildman–Crippen LogP) is 3.62. The molecule has 0 saturated heterocycles. The summed E-state index contributed by atoms with van der Waals surface area (Å²) in [7, 11) is 0. The molecule has 192 valence electrons. The highest BCUT2D eigenvalue weighted by Crippen LogP contribution is 2.19. The summed E-state index contributed by atoms with van der Waals surface area (Å²) in [6.07, 6.45) is 5.84. The highest BCUT2D eigenvalue weighted by molar-refractivity contribution is 6.29. The molecule has 0 radical (unpaired) electrons. The lowest BCUT2D eigenvalue weighted by Gasteiger charge is -2.19. The fourth-order valence-electron chi connectivity index (χ4n) is 3.98. The fraction of sp³-hybridized carbons (Fsp3) is 0.304. The van der Waals surface area contributed by atoms with Gasteiger partial charge >= 0.3 is 11.4 Å². The number of aliphatic imine (C=N–C) groups is 2. The second-order valence-electron chi connectivity index (χ2n) is 8.16. The first kappa shape index (κ1) is 26.2. The van der Waals surface area contributed by atoms with Crippen molar-refractivity contribution >= 4 is 34.9 Å². The SMILES string of the molecule is O=[N+]([O-])C(=CCC=C(C1=NCCN1Cc1ccc(Cl)nc1)[N+](=O)[O-])C1=NCCN1Cc1ccc(Cl)nc1. The van der Waals surface area contributed by atoms with Crippen molar-refractivity contribution < 1.29 is 9.85 Å². The van der Waals surface area contributed by atoms with Crippen LogP contribution in [0.1, 0.15) is 17.5 Å². The van der Waals surface area contributed by atoms with Gasteiger partial charge in [-0.05, 0) is 29.7 Å². The summed E-state index contributed by atoms with van der Waals surface area (Å²) in [5.41, 5.74) is 1.23. The first-order valence-corrected chi connectivity index (χ1v) is 12.1. The normalized spacial score (nSPS) is 16.2. The van der Waals surface area contributed by atoms with Crippen molar-refractivity contribution in [3.05, 3.63) is 102 Å². The third-order valence-corrected chi connectivity index (χ3v) is 6.11. The molecule has 0 aliphatic carbocycles. The van der Waals surface area contributed by atoms with Crippen LogP contribution in [-0.2, 0) is 13.1 Å². The van der Waals surface area contributed by atoms with Crippen LogP contribution in [0.25, 0.3) is 0 Å². The monoisotopic (exact) mass is 544 g/mol. The molecule has 4 rings (SSSR count). The van der Waals surface area contributed by atoms with Crippen molar-refractivity contribution in [2.75, 3.05) is 26.2 Å². The Hall–Kier alpha value is -3.90. The van der Waals surface area contributed by atoms with Gasteiger partial charge in [-0.3, -0.25) is 30.2 Å². The molecule has 0 bridgehead atoms. The number of hydrogen-bond acceptors (Lipinski definition) is 10. The van der Waals surface area contributed by atoms with Crippen LogP contribution in [0.3, 0.4) is 0 Å². The van der Waals surface area contributed by atoms with Gasteiger partial charge in [0.2, 0.25) is 11.7 Å². The van der Waals surface area contributed by atoms with E-state index in [0.717, 1.165) is 11.1 Å². The van der Waals surface area contributed by atoms with E-state index in [1.807, 2.05) is 0 Å². The maximum Gasteiger partial charge on any atom is 0.307 e. The van der Waals surface area contributed by atoms with Crippen molar-refractivity contribution in [1.29, 1.82) is 0 Å². The van der Waals surface area contributed by atoms with Crippen molar-refractivity contribution in [2.24, 2.45) is 9.98 Å². The number of rotatable bonds is 10. The van der Waals surface area contributed by atoms with E-state index in [0.29, 0.717) is 49.6 Å². The van der Waals surface area contributed by atoms with Crippen LogP contribution < -0.4 is 0 Å². The Morgan fingerprint density at radius 1 is 0.811 bits per heavy atom. The lowest BCUT2D eigenvalue weighted by molar-refractivity contribution is -0.417. The smallest absolute Gasteiger partial charge is 0.307 e. The molecule has 2 aromatic rings. The second-order valence-corrected chi connectivity index (χ2v) is 8.94. The molecule has 2 aliphatic heterocycles. The third kappa shape index (κ3) is 6.66. The maximum atomic E-state index is 11.9. The number of halogens is 2. The van der Waals surface area contributed by atoms with Gasteiger partial charge in [0, 0.05) is 50.7 Å². The summed E-state index contributed by atoms with van der Waals surface area (Å²) in [6, 6.07) is 6.88. The number of amidine groups is 2. The summed E-state index contributed by atoms with van der Waals surface area (Å²) < 4.78 is 0. The van der Waals surface area contributed by atoms with E-state index >= 15 is 0 Å². The Morgan fingerprint density at radius 2 is 1.24 bits per heavy atom. The second kappa shape index (κ2) is 11.9. The van der Waals surface area contributed by atoms with E-state index in [1.165, 1.54) is 12.2 Å². The largest absolute Gasteiger partial charge is 0.345 e. The predicted molar refractivity (Wildman–Crippen MR) is 139 cm³/mol. The van der Waals surface area contributed by atoms with E-state index in [4.69, 9.17) is 23.2 Å². The Kier molecular flexibility index (Phi) is 8.41. The Morgan fingerprint density at radius 3 is 1.59 bits per heavy atom. The van der Waals surface area contributed by atoms with E-state index < -0.39 is 9.85 Å². The Balaban J connectivity index is 1.50. The Labute approximate surface area is 222 Å². The van der Waals surface area contributed by atoms with Crippen LogP contribution in [0.15, 0.2) is 70.2 Å². The zero-order chi connectivity index (χ0) is 26.4. The van der Waals surface area contributed by atoms with Crippen molar-refractivity contribution in [3.8, 4) is 0 Å². The van der Waals surface area contributed by atoms with Gasteiger partial charge in [0.15, 0.2) is 0 Å². The van der Waals surface area contributed by atoms with Gasteiger partial charge in [0.05, 0.1) is 22.9 Å². The molecule has 0 unspecified atom stereocenters. The number of aromatic nitrogens is 2. The van der Waals surface area contributed by atoms with E-state index in [-0.39, 0.29) is 29.5 Å². The topological polar surface area (TPSA) is 143 Å². The molecule has 0 fully saturated rings. The number of hydrogen-bond donors (Lipinski definition) is 0. The van der Waals surface area contributed by atoms with Crippen molar-refractivity contribution in [1.82, 2.24) is 19.8 Å². The van der Waals surface area contributed by atoms with E-state index in [9.17, 15) is 20.2 Å². The average molecular weight is 545 g/mol. The molecule has 0 atom stereocenters. The molecular formula is C23H22Cl2N8O4. The van der Waals surface area contributed by atoms with Crippen LogP contribution >= 0.6 is 23.2 Å². The van der Waals surface area contributed by atoms with Gasteiger partial charge < -0.3 is 9.80 Å². The summed E-state index contributed by atoms with van der Waals surface area (Å²) in [6.45, 7) is 2.56. The van der Waals surface area contributed by atoms with Gasteiger partial charge in [0.25, 0.3) is 0 Å². The highest BCUT2D eigenvalue weighted by atomic mass is 35.5. The quantitative estimate of drug-likeness (QED) is 0.250. The lowest BCUT2D eigenvalue weighted by atomic mass is 10.2. The van der Waals surface area contributed by atoms with Gasteiger partial charge in [-0.2, -0.15) is 0 Å². The fourth-order valence-corrected chi connectivity index (χ4v) is 4.20. The number of nitro groups is 2. The minimum atomic E-state index is -0.524.